The van der Waals surface area contributed by atoms with Crippen molar-refractivity contribution in [1.82, 2.24) is 20.3 Å². The molecule has 0 unspecified atom stereocenters. The molecule has 0 bridgehead atoms. The number of rotatable bonds is 8. The number of hydrogen-bond acceptors (Lipinski definition) is 4. The minimum atomic E-state index is 0.525. The predicted octanol–water partition coefficient (Wildman–Crippen LogP) is 6.00. The highest BCUT2D eigenvalue weighted by molar-refractivity contribution is 5.95. The second-order valence-electron chi connectivity index (χ2n) is 7.64. The number of benzene rings is 1. The Hall–Kier alpha value is -4.38. The highest BCUT2D eigenvalue weighted by Crippen LogP contribution is 2.30. The van der Waals surface area contributed by atoms with Gasteiger partial charge in [0.25, 0.3) is 0 Å². The third-order valence-corrected chi connectivity index (χ3v) is 5.52. The van der Waals surface area contributed by atoms with Gasteiger partial charge in [-0.3, -0.25) is 4.98 Å². The highest BCUT2D eigenvalue weighted by atomic mass is 14.8. The van der Waals surface area contributed by atoms with Gasteiger partial charge in [-0.15, -0.1) is 0 Å². The molecule has 0 aliphatic heterocycles. The molecule has 0 aliphatic rings. The molecule has 3 heterocycles. The van der Waals surface area contributed by atoms with Crippen LogP contribution in [-0.4, -0.2) is 15.0 Å². The van der Waals surface area contributed by atoms with Crippen molar-refractivity contribution in [2.24, 2.45) is 0 Å². The molecule has 0 saturated carbocycles. The summed E-state index contributed by atoms with van der Waals surface area (Å²) in [5.41, 5.74) is 14.5. The fourth-order valence-corrected chi connectivity index (χ4v) is 3.89. The van der Waals surface area contributed by atoms with Gasteiger partial charge in [0.2, 0.25) is 0 Å². The van der Waals surface area contributed by atoms with E-state index >= 15 is 0 Å². The van der Waals surface area contributed by atoms with Crippen LogP contribution in [0.1, 0.15) is 23.7 Å². The first-order valence-corrected chi connectivity index (χ1v) is 10.8. The molecular formula is C28H27N5. The van der Waals surface area contributed by atoms with Gasteiger partial charge < -0.3 is 16.0 Å². The number of aromatic nitrogens is 3. The number of nitrogen functional groups attached to an aromatic ring is 1. The van der Waals surface area contributed by atoms with E-state index in [1.165, 1.54) is 0 Å². The third kappa shape index (κ3) is 4.77. The zero-order valence-corrected chi connectivity index (χ0v) is 18.7. The molecule has 5 nitrogen and oxygen atoms in total. The summed E-state index contributed by atoms with van der Waals surface area (Å²) >= 11 is 0. The van der Waals surface area contributed by atoms with Crippen molar-refractivity contribution in [3.8, 4) is 11.1 Å². The number of anilines is 1. The maximum Gasteiger partial charge on any atom is 0.126 e. The topological polar surface area (TPSA) is 79.6 Å². The van der Waals surface area contributed by atoms with Gasteiger partial charge in [0.05, 0.1) is 0 Å². The van der Waals surface area contributed by atoms with Crippen LogP contribution in [0.25, 0.3) is 27.6 Å². The zero-order valence-electron chi connectivity index (χ0n) is 18.7. The van der Waals surface area contributed by atoms with Crippen LogP contribution >= 0.6 is 0 Å². The van der Waals surface area contributed by atoms with Crippen LogP contribution in [0.2, 0.25) is 0 Å². The number of aromatic amines is 1. The SMILES string of the molecule is C=CN/C(C=C)=C/C(=C\C)c1cnc(N)c(Cc2cc3c(-c4cccnc4)cccc3[nH]2)c1. The van der Waals surface area contributed by atoms with E-state index in [-0.39, 0.29) is 0 Å². The molecule has 0 aliphatic carbocycles. The quantitative estimate of drug-likeness (QED) is 0.298. The summed E-state index contributed by atoms with van der Waals surface area (Å²) in [7, 11) is 0. The molecule has 5 heteroatoms. The normalized spacial score (nSPS) is 12.0. The summed E-state index contributed by atoms with van der Waals surface area (Å²) in [6.45, 7) is 9.56. The Morgan fingerprint density at radius 2 is 2.03 bits per heavy atom. The van der Waals surface area contributed by atoms with Gasteiger partial charge in [0.15, 0.2) is 0 Å². The van der Waals surface area contributed by atoms with Gasteiger partial charge in [0, 0.05) is 64.0 Å². The molecular weight excluding hydrogens is 406 g/mol. The molecule has 0 fully saturated rings. The van der Waals surface area contributed by atoms with Crippen LogP contribution in [-0.2, 0) is 6.42 Å². The fourth-order valence-electron chi connectivity index (χ4n) is 3.89. The molecule has 4 rings (SSSR count). The number of H-pyrrole nitrogens is 1. The Labute approximate surface area is 194 Å². The summed E-state index contributed by atoms with van der Waals surface area (Å²) in [6.07, 6.45) is 13.5. The van der Waals surface area contributed by atoms with Crippen LogP contribution in [0.15, 0.2) is 104 Å². The van der Waals surface area contributed by atoms with E-state index in [1.807, 2.05) is 31.3 Å². The standard InChI is InChI=1S/C28H27N5/c1-4-19(14-23(5-2)31-6-3)22-13-21(28(29)32-18-22)15-24-16-26-25(10-7-11-27(26)33-24)20-9-8-12-30-17-20/h4-14,16-18,31,33H,2-3,15H2,1H3,(H2,29,32)/b19-4+,23-14+. The molecule has 164 valence electrons. The predicted molar refractivity (Wildman–Crippen MR) is 138 cm³/mol. The summed E-state index contributed by atoms with van der Waals surface area (Å²) < 4.78 is 0. The minimum Gasteiger partial charge on any atom is -0.383 e. The van der Waals surface area contributed by atoms with E-state index in [0.29, 0.717) is 12.2 Å². The Bertz CT molecular complexity index is 1360. The number of allylic oxidation sites excluding steroid dienone is 4. The average molecular weight is 434 g/mol. The maximum absolute atomic E-state index is 6.26. The van der Waals surface area contributed by atoms with Crippen LogP contribution in [0.4, 0.5) is 5.82 Å². The van der Waals surface area contributed by atoms with Crippen LogP contribution < -0.4 is 11.1 Å². The van der Waals surface area contributed by atoms with Gasteiger partial charge >= 0.3 is 0 Å². The number of nitrogens with zero attached hydrogens (tertiary/aromatic N) is 2. The average Bonchev–Trinajstić information content (AvgIpc) is 3.26. The molecule has 0 saturated heterocycles. The van der Waals surface area contributed by atoms with E-state index in [2.05, 4.69) is 69.8 Å². The van der Waals surface area contributed by atoms with Crippen molar-refractivity contribution < 1.29 is 0 Å². The van der Waals surface area contributed by atoms with Crippen molar-refractivity contribution in [1.29, 1.82) is 0 Å². The van der Waals surface area contributed by atoms with Gasteiger partial charge in [-0.1, -0.05) is 37.4 Å². The van der Waals surface area contributed by atoms with E-state index in [4.69, 9.17) is 5.73 Å². The Morgan fingerprint density at radius 1 is 1.15 bits per heavy atom. The lowest BCUT2D eigenvalue weighted by Gasteiger charge is -2.10. The zero-order chi connectivity index (χ0) is 23.2. The second kappa shape index (κ2) is 9.83. The molecule has 0 radical (unpaired) electrons. The van der Waals surface area contributed by atoms with Gasteiger partial charge in [-0.25, -0.2) is 4.98 Å². The van der Waals surface area contributed by atoms with E-state index in [9.17, 15) is 0 Å². The largest absolute Gasteiger partial charge is 0.383 e. The van der Waals surface area contributed by atoms with Gasteiger partial charge in [-0.05, 0) is 60.7 Å². The summed E-state index contributed by atoms with van der Waals surface area (Å²) in [6, 6.07) is 14.6. The number of pyridine rings is 2. The van der Waals surface area contributed by atoms with E-state index in [1.54, 1.807) is 24.7 Å². The number of fused-ring (bicyclic) bond motifs is 1. The summed E-state index contributed by atoms with van der Waals surface area (Å²) in [4.78, 5) is 12.3. The smallest absolute Gasteiger partial charge is 0.126 e. The number of hydrogen-bond donors (Lipinski definition) is 3. The molecule has 33 heavy (non-hydrogen) atoms. The van der Waals surface area contributed by atoms with E-state index < -0.39 is 0 Å². The first kappa shape index (κ1) is 21.8. The second-order valence-corrected chi connectivity index (χ2v) is 7.64. The molecule has 1 aromatic carbocycles. The van der Waals surface area contributed by atoms with Gasteiger partial charge in [-0.2, -0.15) is 0 Å². The van der Waals surface area contributed by atoms with Crippen LogP contribution in [0.3, 0.4) is 0 Å². The highest BCUT2D eigenvalue weighted by Gasteiger charge is 2.11. The lowest BCUT2D eigenvalue weighted by atomic mass is 10.0. The molecule has 0 spiro atoms. The van der Waals surface area contributed by atoms with Crippen molar-refractivity contribution in [3.05, 3.63) is 121 Å². The van der Waals surface area contributed by atoms with Crippen molar-refractivity contribution in [2.45, 2.75) is 13.3 Å². The van der Waals surface area contributed by atoms with Crippen LogP contribution in [0.5, 0.6) is 0 Å². The number of nitrogens with one attached hydrogen (secondary N) is 2. The van der Waals surface area contributed by atoms with Crippen molar-refractivity contribution in [3.63, 3.8) is 0 Å². The lowest BCUT2D eigenvalue weighted by Crippen LogP contribution is -2.03. The monoisotopic (exact) mass is 433 g/mol. The van der Waals surface area contributed by atoms with Crippen molar-refractivity contribution >= 4 is 22.3 Å². The maximum atomic E-state index is 6.26. The Morgan fingerprint density at radius 3 is 2.76 bits per heavy atom. The first-order chi connectivity index (χ1) is 16.1. The molecule has 0 amide bonds. The van der Waals surface area contributed by atoms with E-state index in [0.717, 1.165) is 50.1 Å². The fraction of sp³-hybridized carbons (Fsp3) is 0.0714. The van der Waals surface area contributed by atoms with Crippen LogP contribution in [0, 0.1) is 0 Å². The molecule has 0 atom stereocenters. The summed E-state index contributed by atoms with van der Waals surface area (Å²) in [5, 5.41) is 4.24. The van der Waals surface area contributed by atoms with Gasteiger partial charge in [0.1, 0.15) is 5.82 Å². The molecule has 4 N–H and O–H groups in total. The third-order valence-electron chi connectivity index (χ3n) is 5.52. The first-order valence-electron chi connectivity index (χ1n) is 10.8. The number of nitrogens with two attached hydrogens (primary N) is 1. The Kier molecular flexibility index (Phi) is 6.51. The lowest BCUT2D eigenvalue weighted by molar-refractivity contribution is 1.10. The minimum absolute atomic E-state index is 0.525. The molecule has 4 aromatic rings. The van der Waals surface area contributed by atoms with Crippen molar-refractivity contribution in [2.75, 3.05) is 5.73 Å². The Balaban J connectivity index is 1.69. The summed E-state index contributed by atoms with van der Waals surface area (Å²) in [5.74, 6) is 0.525. The molecule has 3 aromatic heterocycles.